The fourth-order valence-corrected chi connectivity index (χ4v) is 4.15. The standard InChI is InChI=1S/C24H20BrNO3/c25-19-11-12-22-21(14-19)24(29,15-20(27)13-17-7-3-1-4-8-17)23(28)26(22)16-18-9-5-2-6-10-18/h1-12,14,29H,13,15-16H2/t24-/m0/s1. The van der Waals surface area contributed by atoms with Crippen molar-refractivity contribution in [3.63, 3.8) is 0 Å². The number of hydrogen-bond acceptors (Lipinski definition) is 3. The maximum atomic E-state index is 13.3. The van der Waals surface area contributed by atoms with Gasteiger partial charge in [0.25, 0.3) is 5.91 Å². The lowest BCUT2D eigenvalue weighted by Gasteiger charge is -2.23. The zero-order chi connectivity index (χ0) is 20.4. The molecular weight excluding hydrogens is 430 g/mol. The molecule has 146 valence electrons. The summed E-state index contributed by atoms with van der Waals surface area (Å²) in [6.07, 6.45) is -0.0755. The Morgan fingerprint density at radius 1 is 0.931 bits per heavy atom. The fraction of sp³-hybridized carbons (Fsp3) is 0.167. The van der Waals surface area contributed by atoms with E-state index in [9.17, 15) is 14.7 Å². The number of carbonyl (C=O) groups excluding carboxylic acids is 2. The second kappa shape index (κ2) is 7.93. The molecule has 0 saturated carbocycles. The molecule has 0 spiro atoms. The first-order valence-corrected chi connectivity index (χ1v) is 10.2. The van der Waals surface area contributed by atoms with E-state index in [1.54, 1.807) is 17.0 Å². The number of Topliss-reactive ketones (excluding diaryl/α,β-unsaturated/α-hetero) is 1. The predicted molar refractivity (Wildman–Crippen MR) is 115 cm³/mol. The lowest BCUT2D eigenvalue weighted by molar-refractivity contribution is -0.141. The summed E-state index contributed by atoms with van der Waals surface area (Å²) < 4.78 is 0.750. The number of anilines is 1. The van der Waals surface area contributed by atoms with Crippen LogP contribution in [0, 0.1) is 0 Å². The zero-order valence-corrected chi connectivity index (χ0v) is 17.3. The summed E-state index contributed by atoms with van der Waals surface area (Å²) in [5.74, 6) is -0.643. The van der Waals surface area contributed by atoms with Crippen molar-refractivity contribution in [3.8, 4) is 0 Å². The maximum Gasteiger partial charge on any atom is 0.264 e. The summed E-state index contributed by atoms with van der Waals surface area (Å²) in [6.45, 7) is 0.337. The van der Waals surface area contributed by atoms with E-state index < -0.39 is 11.5 Å². The van der Waals surface area contributed by atoms with Crippen LogP contribution in [0.25, 0.3) is 0 Å². The van der Waals surface area contributed by atoms with Crippen molar-refractivity contribution >= 4 is 33.3 Å². The SMILES string of the molecule is O=C(Cc1ccccc1)C[C@@]1(O)C(=O)N(Cc2ccccc2)c2ccc(Br)cc21. The average molecular weight is 450 g/mol. The molecule has 1 heterocycles. The van der Waals surface area contributed by atoms with Crippen LogP contribution in [0.2, 0.25) is 0 Å². The van der Waals surface area contributed by atoms with Gasteiger partial charge in [0.1, 0.15) is 5.78 Å². The minimum atomic E-state index is -1.86. The second-order valence-electron chi connectivity index (χ2n) is 7.28. The van der Waals surface area contributed by atoms with Crippen molar-refractivity contribution in [2.24, 2.45) is 0 Å². The van der Waals surface area contributed by atoms with Crippen LogP contribution in [0.1, 0.15) is 23.1 Å². The van der Waals surface area contributed by atoms with Crippen molar-refractivity contribution in [1.82, 2.24) is 0 Å². The summed E-state index contributed by atoms with van der Waals surface area (Å²) in [5, 5.41) is 11.4. The predicted octanol–water partition coefficient (Wildman–Crippen LogP) is 4.39. The van der Waals surface area contributed by atoms with Gasteiger partial charge in [0.2, 0.25) is 0 Å². The van der Waals surface area contributed by atoms with Gasteiger partial charge in [-0.1, -0.05) is 76.6 Å². The summed E-state index contributed by atoms with van der Waals surface area (Å²) in [5.41, 5.74) is 1.06. The summed E-state index contributed by atoms with van der Waals surface area (Å²) in [4.78, 5) is 27.6. The fourth-order valence-electron chi connectivity index (χ4n) is 3.79. The number of carbonyl (C=O) groups is 2. The lowest BCUT2D eigenvalue weighted by atomic mass is 9.88. The molecule has 0 radical (unpaired) electrons. The molecule has 4 rings (SSSR count). The van der Waals surface area contributed by atoms with E-state index in [4.69, 9.17) is 0 Å². The Morgan fingerprint density at radius 2 is 1.55 bits per heavy atom. The zero-order valence-electron chi connectivity index (χ0n) is 15.7. The molecule has 3 aromatic rings. The van der Waals surface area contributed by atoms with Gasteiger partial charge >= 0.3 is 0 Å². The van der Waals surface area contributed by atoms with E-state index in [-0.39, 0.29) is 18.6 Å². The van der Waals surface area contributed by atoms with E-state index in [0.717, 1.165) is 15.6 Å². The Morgan fingerprint density at radius 3 is 2.21 bits per heavy atom. The summed E-state index contributed by atoms with van der Waals surface area (Å²) in [6, 6.07) is 24.3. The van der Waals surface area contributed by atoms with Crippen LogP contribution in [0.4, 0.5) is 5.69 Å². The van der Waals surface area contributed by atoms with Crippen LogP contribution in [-0.2, 0) is 28.2 Å². The third-order valence-electron chi connectivity index (χ3n) is 5.17. The highest BCUT2D eigenvalue weighted by Crippen LogP contribution is 2.44. The van der Waals surface area contributed by atoms with Crippen LogP contribution in [0.3, 0.4) is 0 Å². The molecule has 29 heavy (non-hydrogen) atoms. The number of hydrogen-bond donors (Lipinski definition) is 1. The van der Waals surface area contributed by atoms with E-state index in [0.29, 0.717) is 17.8 Å². The highest BCUT2D eigenvalue weighted by atomic mass is 79.9. The molecule has 0 unspecified atom stereocenters. The largest absolute Gasteiger partial charge is 0.375 e. The van der Waals surface area contributed by atoms with Gasteiger partial charge < -0.3 is 10.0 Å². The molecule has 0 aromatic heterocycles. The number of nitrogens with zero attached hydrogens (tertiary/aromatic N) is 1. The van der Waals surface area contributed by atoms with Gasteiger partial charge in [0.15, 0.2) is 5.60 Å². The number of halogens is 1. The van der Waals surface area contributed by atoms with E-state index in [2.05, 4.69) is 15.9 Å². The topological polar surface area (TPSA) is 57.6 Å². The number of rotatable bonds is 6. The van der Waals surface area contributed by atoms with Crippen molar-refractivity contribution < 1.29 is 14.7 Å². The first-order chi connectivity index (χ1) is 14.0. The molecule has 3 aromatic carbocycles. The monoisotopic (exact) mass is 449 g/mol. The number of ketones is 1. The number of benzene rings is 3. The van der Waals surface area contributed by atoms with Gasteiger partial charge in [-0.3, -0.25) is 9.59 Å². The van der Waals surface area contributed by atoms with Gasteiger partial charge in [0.05, 0.1) is 12.2 Å². The Labute approximate surface area is 177 Å². The number of fused-ring (bicyclic) bond motifs is 1. The Balaban J connectivity index is 1.65. The average Bonchev–Trinajstić information content (AvgIpc) is 2.91. The normalized spacial score (nSPS) is 18.0. The highest BCUT2D eigenvalue weighted by molar-refractivity contribution is 9.10. The molecule has 1 aliphatic heterocycles. The molecule has 1 N–H and O–H groups in total. The third-order valence-corrected chi connectivity index (χ3v) is 5.67. The third kappa shape index (κ3) is 3.88. The van der Waals surface area contributed by atoms with Crippen LogP contribution >= 0.6 is 15.9 Å². The first kappa shape index (κ1) is 19.6. The Bertz CT molecular complexity index is 1050. The van der Waals surface area contributed by atoms with Crippen molar-refractivity contribution in [2.45, 2.75) is 25.0 Å². The smallest absolute Gasteiger partial charge is 0.264 e. The maximum absolute atomic E-state index is 13.3. The van der Waals surface area contributed by atoms with E-state index >= 15 is 0 Å². The van der Waals surface area contributed by atoms with Gasteiger partial charge in [-0.05, 0) is 29.3 Å². The highest BCUT2D eigenvalue weighted by Gasteiger charge is 2.50. The van der Waals surface area contributed by atoms with E-state index in [1.165, 1.54) is 0 Å². The Hall–Kier alpha value is -2.76. The van der Waals surface area contributed by atoms with Gasteiger partial charge in [-0.25, -0.2) is 0 Å². The molecule has 0 fully saturated rings. The molecule has 1 amide bonds. The Kier molecular flexibility index (Phi) is 5.35. The molecule has 4 nitrogen and oxygen atoms in total. The van der Waals surface area contributed by atoms with Gasteiger partial charge in [-0.15, -0.1) is 0 Å². The minimum absolute atomic E-state index is 0.179. The number of amides is 1. The van der Waals surface area contributed by atoms with Gasteiger partial charge in [0, 0.05) is 22.9 Å². The molecule has 5 heteroatoms. The van der Waals surface area contributed by atoms with E-state index in [1.807, 2.05) is 66.7 Å². The first-order valence-electron chi connectivity index (χ1n) is 9.41. The summed E-state index contributed by atoms with van der Waals surface area (Å²) >= 11 is 3.42. The number of aliphatic hydroxyl groups is 1. The quantitative estimate of drug-likeness (QED) is 0.607. The summed E-state index contributed by atoms with van der Waals surface area (Å²) in [7, 11) is 0. The molecule has 1 atom stereocenters. The molecule has 1 aliphatic rings. The van der Waals surface area contributed by atoms with Crippen LogP contribution in [-0.4, -0.2) is 16.8 Å². The van der Waals surface area contributed by atoms with Crippen LogP contribution < -0.4 is 4.90 Å². The molecule has 0 bridgehead atoms. The van der Waals surface area contributed by atoms with Crippen LogP contribution in [0.5, 0.6) is 0 Å². The second-order valence-corrected chi connectivity index (χ2v) is 8.19. The van der Waals surface area contributed by atoms with Crippen molar-refractivity contribution in [2.75, 3.05) is 4.90 Å². The van der Waals surface area contributed by atoms with Crippen molar-refractivity contribution in [3.05, 3.63) is 100 Å². The van der Waals surface area contributed by atoms with Gasteiger partial charge in [-0.2, -0.15) is 0 Å². The minimum Gasteiger partial charge on any atom is -0.375 e. The molecule has 0 aliphatic carbocycles. The van der Waals surface area contributed by atoms with Crippen molar-refractivity contribution in [1.29, 1.82) is 0 Å². The molecular formula is C24H20BrNO3. The van der Waals surface area contributed by atoms with Crippen LogP contribution in [0.15, 0.2) is 83.3 Å². The lowest BCUT2D eigenvalue weighted by Crippen LogP contribution is -2.41. The molecule has 0 saturated heterocycles.